The molecule has 0 aliphatic heterocycles. The SMILES string of the molecule is CNC(c1cc(Br)sc1Br)C(F)(F)C(F)(F)F. The second kappa shape index (κ2) is 5.10. The van der Waals surface area contributed by atoms with Gasteiger partial charge in [0.15, 0.2) is 0 Å². The van der Waals surface area contributed by atoms with Crippen molar-refractivity contribution in [1.29, 1.82) is 0 Å². The molecule has 0 saturated carbocycles. The van der Waals surface area contributed by atoms with Gasteiger partial charge in [-0.05, 0) is 45.0 Å². The summed E-state index contributed by atoms with van der Waals surface area (Å²) in [6.07, 6.45) is -5.60. The van der Waals surface area contributed by atoms with E-state index in [1.165, 1.54) is 6.07 Å². The highest BCUT2D eigenvalue weighted by molar-refractivity contribution is 9.12. The van der Waals surface area contributed by atoms with Crippen LogP contribution >= 0.6 is 43.2 Å². The predicted octanol–water partition coefficient (Wildman–Crippen LogP) is 4.73. The number of hydrogen-bond acceptors (Lipinski definition) is 2. The Kier molecular flexibility index (Phi) is 4.60. The summed E-state index contributed by atoms with van der Waals surface area (Å²) in [6.45, 7) is 0. The zero-order chi connectivity index (χ0) is 13.4. The molecule has 1 aromatic heterocycles. The van der Waals surface area contributed by atoms with Gasteiger partial charge in [0.1, 0.15) is 6.04 Å². The molecule has 17 heavy (non-hydrogen) atoms. The molecule has 1 heterocycles. The van der Waals surface area contributed by atoms with Gasteiger partial charge in [-0.1, -0.05) is 0 Å². The third kappa shape index (κ3) is 2.99. The van der Waals surface area contributed by atoms with Crippen LogP contribution in [0.3, 0.4) is 0 Å². The van der Waals surface area contributed by atoms with E-state index >= 15 is 0 Å². The fourth-order valence-corrected chi connectivity index (χ4v) is 4.15. The summed E-state index contributed by atoms with van der Waals surface area (Å²) < 4.78 is 64.0. The van der Waals surface area contributed by atoms with Crippen LogP contribution in [-0.2, 0) is 0 Å². The van der Waals surface area contributed by atoms with Crippen LogP contribution in [0, 0.1) is 0 Å². The van der Waals surface area contributed by atoms with E-state index in [4.69, 9.17) is 0 Å². The summed E-state index contributed by atoms with van der Waals surface area (Å²) in [7, 11) is 1.06. The van der Waals surface area contributed by atoms with Crippen LogP contribution < -0.4 is 5.32 Å². The average Bonchev–Trinajstić information content (AvgIpc) is 2.44. The lowest BCUT2D eigenvalue weighted by molar-refractivity contribution is -0.294. The maximum absolute atomic E-state index is 13.3. The zero-order valence-corrected chi connectivity index (χ0v) is 12.2. The quantitative estimate of drug-likeness (QED) is 0.720. The number of halogens is 7. The van der Waals surface area contributed by atoms with Crippen molar-refractivity contribution in [3.05, 3.63) is 19.2 Å². The van der Waals surface area contributed by atoms with Crippen LogP contribution in [0.15, 0.2) is 13.6 Å². The number of hydrogen-bond donors (Lipinski definition) is 1. The first kappa shape index (κ1) is 15.3. The Morgan fingerprint density at radius 3 is 2.06 bits per heavy atom. The van der Waals surface area contributed by atoms with Crippen molar-refractivity contribution >= 4 is 43.2 Å². The molecule has 0 aliphatic rings. The molecule has 0 spiro atoms. The molecule has 9 heteroatoms. The summed E-state index contributed by atoms with van der Waals surface area (Å²) in [5, 5.41) is 2.01. The van der Waals surface area contributed by atoms with Gasteiger partial charge >= 0.3 is 12.1 Å². The highest BCUT2D eigenvalue weighted by Gasteiger charge is 2.62. The van der Waals surface area contributed by atoms with Crippen molar-refractivity contribution in [3.8, 4) is 0 Å². The lowest BCUT2D eigenvalue weighted by Crippen LogP contribution is -2.47. The summed E-state index contributed by atoms with van der Waals surface area (Å²) in [5.74, 6) is -4.84. The molecule has 0 saturated heterocycles. The van der Waals surface area contributed by atoms with Gasteiger partial charge in [-0.2, -0.15) is 22.0 Å². The summed E-state index contributed by atoms with van der Waals surface area (Å²) in [5.41, 5.74) is -0.133. The van der Waals surface area contributed by atoms with Gasteiger partial charge in [-0.15, -0.1) is 11.3 Å². The summed E-state index contributed by atoms with van der Waals surface area (Å²) >= 11 is 7.03. The lowest BCUT2D eigenvalue weighted by Gasteiger charge is -2.28. The number of nitrogens with one attached hydrogen (secondary N) is 1. The Morgan fingerprint density at radius 1 is 1.24 bits per heavy atom. The van der Waals surface area contributed by atoms with Crippen LogP contribution in [0.2, 0.25) is 0 Å². The average molecular weight is 403 g/mol. The van der Waals surface area contributed by atoms with Gasteiger partial charge in [0.05, 0.1) is 7.57 Å². The van der Waals surface area contributed by atoms with Gasteiger partial charge < -0.3 is 5.32 Å². The third-order valence-corrected chi connectivity index (χ3v) is 4.41. The molecule has 0 aliphatic carbocycles. The van der Waals surface area contributed by atoms with E-state index in [2.05, 4.69) is 31.9 Å². The number of thiophene rings is 1. The van der Waals surface area contributed by atoms with E-state index in [-0.39, 0.29) is 9.35 Å². The van der Waals surface area contributed by atoms with Gasteiger partial charge in [0.25, 0.3) is 0 Å². The van der Waals surface area contributed by atoms with E-state index in [9.17, 15) is 22.0 Å². The van der Waals surface area contributed by atoms with E-state index < -0.39 is 18.1 Å². The molecule has 0 amide bonds. The summed E-state index contributed by atoms with van der Waals surface area (Å²) in [4.78, 5) is 0. The predicted molar refractivity (Wildman–Crippen MR) is 62.5 cm³/mol. The number of alkyl halides is 5. The molecule has 1 nitrogen and oxygen atoms in total. The van der Waals surface area contributed by atoms with Gasteiger partial charge in [0, 0.05) is 5.56 Å². The zero-order valence-electron chi connectivity index (χ0n) is 8.21. The minimum atomic E-state index is -5.60. The van der Waals surface area contributed by atoms with Crippen molar-refractivity contribution in [2.75, 3.05) is 7.05 Å². The largest absolute Gasteiger partial charge is 0.455 e. The van der Waals surface area contributed by atoms with Gasteiger partial charge in [-0.3, -0.25) is 0 Å². The van der Waals surface area contributed by atoms with Crippen molar-refractivity contribution in [1.82, 2.24) is 5.32 Å². The Hall–Kier alpha value is 0.270. The molecule has 0 bridgehead atoms. The minimum Gasteiger partial charge on any atom is -0.308 e. The van der Waals surface area contributed by atoms with E-state index in [0.717, 1.165) is 18.4 Å². The monoisotopic (exact) mass is 401 g/mol. The van der Waals surface area contributed by atoms with Crippen molar-refractivity contribution < 1.29 is 22.0 Å². The molecule has 1 atom stereocenters. The molecular weight excluding hydrogens is 397 g/mol. The van der Waals surface area contributed by atoms with Crippen LogP contribution in [0.4, 0.5) is 22.0 Å². The molecule has 0 aromatic carbocycles. The fourth-order valence-electron chi connectivity index (χ4n) is 1.25. The first-order valence-electron chi connectivity index (χ1n) is 4.17. The van der Waals surface area contributed by atoms with Gasteiger partial charge in [-0.25, -0.2) is 0 Å². The Morgan fingerprint density at radius 2 is 1.76 bits per heavy atom. The molecule has 0 radical (unpaired) electrons. The van der Waals surface area contributed by atoms with Crippen LogP contribution in [0.1, 0.15) is 11.6 Å². The van der Waals surface area contributed by atoms with Gasteiger partial charge in [0.2, 0.25) is 0 Å². The highest BCUT2D eigenvalue weighted by atomic mass is 79.9. The van der Waals surface area contributed by atoms with E-state index in [1.54, 1.807) is 0 Å². The van der Waals surface area contributed by atoms with E-state index in [0.29, 0.717) is 3.79 Å². The lowest BCUT2D eigenvalue weighted by atomic mass is 10.0. The molecular formula is C8H6Br2F5NS. The Bertz CT molecular complexity index is 403. The molecule has 1 aromatic rings. The second-order valence-electron chi connectivity index (χ2n) is 3.12. The maximum Gasteiger partial charge on any atom is 0.455 e. The Labute approximate surface area is 115 Å². The second-order valence-corrected chi connectivity index (χ2v) is 6.87. The molecule has 1 unspecified atom stereocenters. The standard InChI is InChI=1S/C8H6Br2F5NS/c1-16-5(7(11,12)8(13,14)15)3-2-4(9)17-6(3)10/h2,5,16H,1H3. The fraction of sp³-hybridized carbons (Fsp3) is 0.500. The molecule has 0 fully saturated rings. The topological polar surface area (TPSA) is 12.0 Å². The van der Waals surface area contributed by atoms with Crippen molar-refractivity contribution in [3.63, 3.8) is 0 Å². The highest BCUT2D eigenvalue weighted by Crippen LogP contribution is 2.47. The Balaban J connectivity index is 3.21. The first-order valence-corrected chi connectivity index (χ1v) is 6.58. The number of rotatable bonds is 3. The normalized spacial score (nSPS) is 15.1. The molecule has 1 N–H and O–H groups in total. The van der Waals surface area contributed by atoms with Crippen molar-refractivity contribution in [2.45, 2.75) is 18.1 Å². The smallest absolute Gasteiger partial charge is 0.308 e. The third-order valence-electron chi connectivity index (χ3n) is 2.02. The van der Waals surface area contributed by atoms with E-state index in [1.807, 2.05) is 5.32 Å². The van der Waals surface area contributed by atoms with Crippen LogP contribution in [0.5, 0.6) is 0 Å². The van der Waals surface area contributed by atoms with Crippen molar-refractivity contribution in [2.24, 2.45) is 0 Å². The first-order chi connectivity index (χ1) is 7.61. The minimum absolute atomic E-state index is 0.133. The van der Waals surface area contributed by atoms with Crippen LogP contribution in [0.25, 0.3) is 0 Å². The maximum atomic E-state index is 13.3. The molecule has 98 valence electrons. The van der Waals surface area contributed by atoms with Crippen LogP contribution in [-0.4, -0.2) is 19.1 Å². The summed E-state index contributed by atoms with van der Waals surface area (Å²) in [6, 6.07) is -0.894. The molecule has 1 rings (SSSR count).